The number of thioether (sulfide) groups is 1. The van der Waals surface area contributed by atoms with Crippen molar-refractivity contribution >= 4 is 29.3 Å². The van der Waals surface area contributed by atoms with Crippen LogP contribution in [-0.4, -0.2) is 38.9 Å². The minimum Gasteiger partial charge on any atom is -0.469 e. The van der Waals surface area contributed by atoms with Gasteiger partial charge in [0.15, 0.2) is 11.0 Å². The summed E-state index contributed by atoms with van der Waals surface area (Å²) in [6, 6.07) is 7.53. The molecule has 0 saturated carbocycles. The first-order valence-electron chi connectivity index (χ1n) is 9.06. The van der Waals surface area contributed by atoms with E-state index in [1.807, 2.05) is 56.7 Å². The van der Waals surface area contributed by atoms with Crippen LogP contribution in [0.25, 0.3) is 11.4 Å². The largest absolute Gasteiger partial charge is 0.469 e. The molecule has 0 aliphatic rings. The zero-order valence-electron chi connectivity index (χ0n) is 16.8. The fourth-order valence-electron chi connectivity index (χ4n) is 2.73. The summed E-state index contributed by atoms with van der Waals surface area (Å²) in [4.78, 5) is 24.2. The van der Waals surface area contributed by atoms with E-state index >= 15 is 0 Å². The number of furan rings is 1. The van der Waals surface area contributed by atoms with Crippen molar-refractivity contribution in [3.8, 4) is 11.4 Å². The van der Waals surface area contributed by atoms with Gasteiger partial charge in [-0.3, -0.25) is 9.59 Å². The highest BCUT2D eigenvalue weighted by Crippen LogP contribution is 2.25. The average molecular weight is 414 g/mol. The molecule has 29 heavy (non-hydrogen) atoms. The molecule has 0 spiro atoms. The maximum atomic E-state index is 12.1. The van der Waals surface area contributed by atoms with E-state index < -0.39 is 0 Å². The SMILES string of the molecule is Cc1cccc(NC(=O)CNC(=O)CSc2nnc(-c3ccoc3C)n2C)c1C. The zero-order valence-corrected chi connectivity index (χ0v) is 17.6. The fourth-order valence-corrected chi connectivity index (χ4v) is 3.47. The Kier molecular flexibility index (Phi) is 6.38. The van der Waals surface area contributed by atoms with Gasteiger partial charge in [0.25, 0.3) is 0 Å². The molecule has 0 bridgehead atoms. The summed E-state index contributed by atoms with van der Waals surface area (Å²) in [5.41, 5.74) is 3.71. The monoisotopic (exact) mass is 413 g/mol. The number of amides is 2. The van der Waals surface area contributed by atoms with Gasteiger partial charge in [-0.15, -0.1) is 10.2 Å². The second-order valence-corrected chi connectivity index (χ2v) is 7.56. The Morgan fingerprint density at radius 1 is 1.14 bits per heavy atom. The minimum atomic E-state index is -0.270. The molecule has 0 fully saturated rings. The molecule has 152 valence electrons. The summed E-state index contributed by atoms with van der Waals surface area (Å²) < 4.78 is 7.11. The van der Waals surface area contributed by atoms with Crippen LogP contribution in [-0.2, 0) is 16.6 Å². The van der Waals surface area contributed by atoms with Gasteiger partial charge in [-0.2, -0.15) is 0 Å². The minimum absolute atomic E-state index is 0.0922. The van der Waals surface area contributed by atoms with E-state index in [2.05, 4.69) is 20.8 Å². The molecule has 0 aliphatic carbocycles. The van der Waals surface area contributed by atoms with E-state index in [9.17, 15) is 9.59 Å². The normalized spacial score (nSPS) is 10.8. The van der Waals surface area contributed by atoms with Crippen molar-refractivity contribution in [2.45, 2.75) is 25.9 Å². The molecule has 1 aromatic carbocycles. The standard InChI is InChI=1S/C20H23N5O3S/c1-12-6-5-7-16(13(12)2)22-17(26)10-21-18(27)11-29-20-24-23-19(25(20)4)15-8-9-28-14(15)3/h5-9H,10-11H2,1-4H3,(H,21,27)(H,22,26). The number of aromatic nitrogens is 3. The molecule has 2 heterocycles. The zero-order chi connectivity index (χ0) is 21.0. The van der Waals surface area contributed by atoms with Crippen molar-refractivity contribution in [1.82, 2.24) is 20.1 Å². The third-order valence-electron chi connectivity index (χ3n) is 4.59. The smallest absolute Gasteiger partial charge is 0.243 e. The van der Waals surface area contributed by atoms with Crippen LogP contribution < -0.4 is 10.6 Å². The lowest BCUT2D eigenvalue weighted by molar-refractivity contribution is -0.122. The van der Waals surface area contributed by atoms with Crippen LogP contribution in [0.4, 0.5) is 5.69 Å². The van der Waals surface area contributed by atoms with Crippen LogP contribution in [0.15, 0.2) is 40.1 Å². The van der Waals surface area contributed by atoms with Crippen LogP contribution >= 0.6 is 11.8 Å². The maximum Gasteiger partial charge on any atom is 0.243 e. The summed E-state index contributed by atoms with van der Waals surface area (Å²) in [7, 11) is 1.83. The summed E-state index contributed by atoms with van der Waals surface area (Å²) in [6.07, 6.45) is 1.60. The highest BCUT2D eigenvalue weighted by atomic mass is 32.2. The lowest BCUT2D eigenvalue weighted by Gasteiger charge is -2.11. The van der Waals surface area contributed by atoms with Gasteiger partial charge in [-0.1, -0.05) is 23.9 Å². The fraction of sp³-hybridized carbons (Fsp3) is 0.300. The number of carbonyl (C=O) groups excluding carboxylic acids is 2. The van der Waals surface area contributed by atoms with Crippen molar-refractivity contribution in [1.29, 1.82) is 0 Å². The van der Waals surface area contributed by atoms with Gasteiger partial charge in [-0.05, 0) is 44.0 Å². The van der Waals surface area contributed by atoms with E-state index in [4.69, 9.17) is 4.42 Å². The number of benzene rings is 1. The van der Waals surface area contributed by atoms with Crippen LogP contribution in [0.1, 0.15) is 16.9 Å². The van der Waals surface area contributed by atoms with E-state index in [1.54, 1.807) is 6.26 Å². The molecule has 9 heteroatoms. The predicted molar refractivity (Wildman–Crippen MR) is 112 cm³/mol. The van der Waals surface area contributed by atoms with Gasteiger partial charge >= 0.3 is 0 Å². The summed E-state index contributed by atoms with van der Waals surface area (Å²) in [6.45, 7) is 5.69. The predicted octanol–water partition coefficient (Wildman–Crippen LogP) is 2.85. The number of hydrogen-bond acceptors (Lipinski definition) is 6. The van der Waals surface area contributed by atoms with Crippen molar-refractivity contribution in [3.63, 3.8) is 0 Å². The first-order chi connectivity index (χ1) is 13.9. The van der Waals surface area contributed by atoms with Gasteiger partial charge in [0, 0.05) is 12.7 Å². The first kappa shape index (κ1) is 20.7. The van der Waals surface area contributed by atoms with Crippen molar-refractivity contribution in [3.05, 3.63) is 47.4 Å². The molecule has 3 aromatic rings. The Morgan fingerprint density at radius 3 is 2.66 bits per heavy atom. The Hall–Kier alpha value is -3.07. The highest BCUT2D eigenvalue weighted by Gasteiger charge is 2.16. The number of nitrogens with zero attached hydrogens (tertiary/aromatic N) is 3. The van der Waals surface area contributed by atoms with Crippen LogP contribution in [0.2, 0.25) is 0 Å². The molecule has 0 unspecified atom stereocenters. The molecule has 0 radical (unpaired) electrons. The number of anilines is 1. The number of rotatable bonds is 7. The van der Waals surface area contributed by atoms with E-state index in [-0.39, 0.29) is 24.1 Å². The molecular weight excluding hydrogens is 390 g/mol. The van der Waals surface area contributed by atoms with Crippen LogP contribution in [0.3, 0.4) is 0 Å². The first-order valence-corrected chi connectivity index (χ1v) is 10.0. The topological polar surface area (TPSA) is 102 Å². The molecule has 8 nitrogen and oxygen atoms in total. The summed E-state index contributed by atoms with van der Waals surface area (Å²) >= 11 is 1.25. The summed E-state index contributed by atoms with van der Waals surface area (Å²) in [5, 5.41) is 14.3. The number of aryl methyl sites for hydroxylation is 2. The van der Waals surface area contributed by atoms with E-state index in [0.717, 1.165) is 28.1 Å². The Bertz CT molecular complexity index is 1040. The molecule has 2 amide bonds. The molecule has 0 aliphatic heterocycles. The van der Waals surface area contributed by atoms with E-state index in [0.29, 0.717) is 11.0 Å². The molecule has 0 saturated heterocycles. The molecule has 0 atom stereocenters. The van der Waals surface area contributed by atoms with Crippen molar-refractivity contribution in [2.24, 2.45) is 7.05 Å². The van der Waals surface area contributed by atoms with Gasteiger partial charge in [-0.25, -0.2) is 0 Å². The van der Waals surface area contributed by atoms with Gasteiger partial charge in [0.05, 0.1) is 24.1 Å². The van der Waals surface area contributed by atoms with Gasteiger partial charge in [0.2, 0.25) is 11.8 Å². The molecular formula is C20H23N5O3S. The lowest BCUT2D eigenvalue weighted by Crippen LogP contribution is -2.34. The molecule has 3 rings (SSSR count). The highest BCUT2D eigenvalue weighted by molar-refractivity contribution is 7.99. The Labute approximate surface area is 173 Å². The molecule has 2 N–H and O–H groups in total. The Balaban J connectivity index is 1.49. The number of nitrogens with one attached hydrogen (secondary N) is 2. The molecule has 2 aromatic heterocycles. The number of hydrogen-bond donors (Lipinski definition) is 2. The van der Waals surface area contributed by atoms with Crippen LogP contribution in [0.5, 0.6) is 0 Å². The maximum absolute atomic E-state index is 12.1. The Morgan fingerprint density at radius 2 is 1.93 bits per heavy atom. The average Bonchev–Trinajstić information content (AvgIpc) is 3.27. The van der Waals surface area contributed by atoms with Crippen molar-refractivity contribution < 1.29 is 14.0 Å². The third-order valence-corrected chi connectivity index (χ3v) is 5.61. The van der Waals surface area contributed by atoms with Gasteiger partial charge < -0.3 is 19.6 Å². The second-order valence-electron chi connectivity index (χ2n) is 6.62. The number of carbonyl (C=O) groups is 2. The van der Waals surface area contributed by atoms with Gasteiger partial charge in [0.1, 0.15) is 5.76 Å². The quantitative estimate of drug-likeness (QED) is 0.578. The van der Waals surface area contributed by atoms with Crippen LogP contribution in [0, 0.1) is 20.8 Å². The lowest BCUT2D eigenvalue weighted by atomic mass is 10.1. The summed E-state index contributed by atoms with van der Waals surface area (Å²) in [5.74, 6) is 1.04. The second kappa shape index (κ2) is 8.95. The van der Waals surface area contributed by atoms with E-state index in [1.165, 1.54) is 11.8 Å². The third kappa shape index (κ3) is 4.86. The van der Waals surface area contributed by atoms with Crippen molar-refractivity contribution in [2.75, 3.05) is 17.6 Å².